The molecule has 0 heterocycles. The second-order valence-electron chi connectivity index (χ2n) is 5.75. The predicted molar refractivity (Wildman–Crippen MR) is 70.0 cm³/mol. The number of carbonyl (C=O) groups is 2. The van der Waals surface area contributed by atoms with E-state index >= 15 is 0 Å². The van der Waals surface area contributed by atoms with E-state index in [1.807, 2.05) is 0 Å². The molecule has 0 aliphatic heterocycles. The third-order valence-corrected chi connectivity index (χ3v) is 3.89. The van der Waals surface area contributed by atoms with Crippen molar-refractivity contribution in [2.45, 2.75) is 46.5 Å². The van der Waals surface area contributed by atoms with Gasteiger partial charge in [-0.15, -0.1) is 0 Å². The first kappa shape index (κ1) is 15.0. The van der Waals surface area contributed by atoms with Crippen LogP contribution in [0.25, 0.3) is 0 Å². The summed E-state index contributed by atoms with van der Waals surface area (Å²) in [5.74, 6) is 0.0364. The summed E-state index contributed by atoms with van der Waals surface area (Å²) in [6.45, 7) is 6.94. The summed E-state index contributed by atoms with van der Waals surface area (Å²) in [6.07, 6.45) is 3.48. The second-order valence-corrected chi connectivity index (χ2v) is 5.75. The van der Waals surface area contributed by atoms with Gasteiger partial charge in [0.05, 0.1) is 13.0 Å². The van der Waals surface area contributed by atoms with E-state index in [1.54, 1.807) is 18.9 Å². The van der Waals surface area contributed by atoms with Crippen molar-refractivity contribution >= 4 is 11.9 Å². The molecular formula is C14H25NO3. The van der Waals surface area contributed by atoms with Crippen molar-refractivity contribution in [2.24, 2.45) is 11.3 Å². The Balaban J connectivity index is 2.44. The van der Waals surface area contributed by atoms with Crippen LogP contribution in [0.5, 0.6) is 0 Å². The Morgan fingerprint density at radius 2 is 2.06 bits per heavy atom. The molecule has 0 aromatic heterocycles. The average Bonchev–Trinajstić information content (AvgIpc) is 2.65. The molecular weight excluding hydrogens is 230 g/mol. The first-order valence-corrected chi connectivity index (χ1v) is 6.79. The zero-order valence-corrected chi connectivity index (χ0v) is 12.0. The van der Waals surface area contributed by atoms with Gasteiger partial charge >= 0.3 is 5.97 Å². The quantitative estimate of drug-likeness (QED) is 0.708. The lowest BCUT2D eigenvalue weighted by Gasteiger charge is -2.29. The van der Waals surface area contributed by atoms with Gasteiger partial charge in [0, 0.05) is 19.5 Å². The van der Waals surface area contributed by atoms with E-state index < -0.39 is 0 Å². The number of rotatable bonds is 5. The molecule has 0 radical (unpaired) electrons. The summed E-state index contributed by atoms with van der Waals surface area (Å²) in [5, 5.41) is 0. The fourth-order valence-corrected chi connectivity index (χ4v) is 2.65. The summed E-state index contributed by atoms with van der Waals surface area (Å²) in [6, 6.07) is 0. The summed E-state index contributed by atoms with van der Waals surface area (Å²) < 4.78 is 4.86. The highest BCUT2D eigenvalue weighted by Gasteiger charge is 2.40. The Hall–Kier alpha value is -1.06. The van der Waals surface area contributed by atoms with E-state index in [-0.39, 0.29) is 29.6 Å². The molecule has 0 spiro atoms. The molecule has 1 atom stereocenters. The van der Waals surface area contributed by atoms with Crippen LogP contribution in [0.15, 0.2) is 0 Å². The van der Waals surface area contributed by atoms with E-state index in [2.05, 4.69) is 13.8 Å². The molecule has 0 saturated heterocycles. The molecule has 1 fully saturated rings. The first-order chi connectivity index (χ1) is 8.38. The van der Waals surface area contributed by atoms with Crippen molar-refractivity contribution in [1.82, 2.24) is 4.90 Å². The summed E-state index contributed by atoms with van der Waals surface area (Å²) in [5.41, 5.74) is 0.0925. The lowest BCUT2D eigenvalue weighted by molar-refractivity contribution is -0.144. The maximum atomic E-state index is 12.3. The van der Waals surface area contributed by atoms with Gasteiger partial charge in [0.25, 0.3) is 0 Å². The van der Waals surface area contributed by atoms with Crippen molar-refractivity contribution in [2.75, 3.05) is 20.2 Å². The molecule has 1 amide bonds. The molecule has 0 bridgehead atoms. The molecule has 1 unspecified atom stereocenters. The van der Waals surface area contributed by atoms with Crippen LogP contribution < -0.4 is 0 Å². The van der Waals surface area contributed by atoms with Crippen LogP contribution >= 0.6 is 0 Å². The minimum Gasteiger partial charge on any atom is -0.466 e. The summed E-state index contributed by atoms with van der Waals surface area (Å²) in [7, 11) is 1.77. The van der Waals surface area contributed by atoms with Crippen molar-refractivity contribution in [1.29, 1.82) is 0 Å². The van der Waals surface area contributed by atoms with E-state index in [0.29, 0.717) is 13.2 Å². The minimum absolute atomic E-state index is 0.0925. The number of carbonyl (C=O) groups excluding carboxylic acids is 2. The standard InChI is InChI=1S/C14H25NO3/c1-5-18-12(16)8-10-15(4)13(17)11-7-6-9-14(11,2)3/h11H,5-10H2,1-4H3. The lowest BCUT2D eigenvalue weighted by Crippen LogP contribution is -2.38. The maximum absolute atomic E-state index is 12.3. The van der Waals surface area contributed by atoms with Crippen LogP contribution in [0.2, 0.25) is 0 Å². The Bertz CT molecular complexity index is 312. The SMILES string of the molecule is CCOC(=O)CCN(C)C(=O)C1CCCC1(C)C. The molecule has 4 heteroatoms. The van der Waals surface area contributed by atoms with E-state index in [0.717, 1.165) is 19.3 Å². The predicted octanol–water partition coefficient (Wildman–Crippen LogP) is 2.22. The van der Waals surface area contributed by atoms with Gasteiger partial charge in [0.15, 0.2) is 0 Å². The van der Waals surface area contributed by atoms with Crippen LogP contribution in [0, 0.1) is 11.3 Å². The number of nitrogens with zero attached hydrogens (tertiary/aromatic N) is 1. The molecule has 0 aromatic carbocycles. The Kier molecular flexibility index (Phi) is 5.17. The lowest BCUT2D eigenvalue weighted by atomic mass is 9.81. The third kappa shape index (κ3) is 3.72. The van der Waals surface area contributed by atoms with Crippen molar-refractivity contribution < 1.29 is 14.3 Å². The molecule has 0 aromatic rings. The zero-order valence-electron chi connectivity index (χ0n) is 12.0. The van der Waals surface area contributed by atoms with Gasteiger partial charge in [-0.25, -0.2) is 0 Å². The number of hydrogen-bond donors (Lipinski definition) is 0. The maximum Gasteiger partial charge on any atom is 0.307 e. The molecule has 0 N–H and O–H groups in total. The van der Waals surface area contributed by atoms with Gasteiger partial charge in [-0.1, -0.05) is 20.3 Å². The van der Waals surface area contributed by atoms with Gasteiger partial charge in [-0.2, -0.15) is 0 Å². The Morgan fingerprint density at radius 3 is 2.56 bits per heavy atom. The van der Waals surface area contributed by atoms with Crippen molar-refractivity contribution in [3.8, 4) is 0 Å². The number of esters is 1. The number of ether oxygens (including phenoxy) is 1. The molecule has 1 rings (SSSR count). The summed E-state index contributed by atoms with van der Waals surface area (Å²) in [4.78, 5) is 25.2. The molecule has 18 heavy (non-hydrogen) atoms. The van der Waals surface area contributed by atoms with Crippen LogP contribution in [-0.4, -0.2) is 37.0 Å². The topological polar surface area (TPSA) is 46.6 Å². The zero-order chi connectivity index (χ0) is 13.8. The van der Waals surface area contributed by atoms with Crippen molar-refractivity contribution in [3.05, 3.63) is 0 Å². The molecule has 1 aliphatic rings. The molecule has 104 valence electrons. The molecule has 1 saturated carbocycles. The van der Waals surface area contributed by atoms with Crippen molar-refractivity contribution in [3.63, 3.8) is 0 Å². The van der Waals surface area contributed by atoms with Crippen LogP contribution in [-0.2, 0) is 14.3 Å². The highest BCUT2D eigenvalue weighted by molar-refractivity contribution is 5.80. The second kappa shape index (κ2) is 6.21. The fourth-order valence-electron chi connectivity index (χ4n) is 2.65. The van der Waals surface area contributed by atoms with Gasteiger partial charge in [-0.3, -0.25) is 9.59 Å². The Labute approximate surface area is 110 Å². The first-order valence-electron chi connectivity index (χ1n) is 6.79. The van der Waals surface area contributed by atoms with Gasteiger partial charge in [0.2, 0.25) is 5.91 Å². The van der Waals surface area contributed by atoms with Gasteiger partial charge in [-0.05, 0) is 25.2 Å². The fraction of sp³-hybridized carbons (Fsp3) is 0.857. The normalized spacial score (nSPS) is 21.7. The highest BCUT2D eigenvalue weighted by Crippen LogP contribution is 2.43. The number of hydrogen-bond acceptors (Lipinski definition) is 3. The van der Waals surface area contributed by atoms with E-state index in [9.17, 15) is 9.59 Å². The van der Waals surface area contributed by atoms with Crippen LogP contribution in [0.3, 0.4) is 0 Å². The van der Waals surface area contributed by atoms with Crippen LogP contribution in [0.4, 0.5) is 0 Å². The number of amides is 1. The van der Waals surface area contributed by atoms with Gasteiger partial charge < -0.3 is 9.64 Å². The highest BCUT2D eigenvalue weighted by atomic mass is 16.5. The van der Waals surface area contributed by atoms with Gasteiger partial charge in [0.1, 0.15) is 0 Å². The van der Waals surface area contributed by atoms with Crippen LogP contribution in [0.1, 0.15) is 46.5 Å². The largest absolute Gasteiger partial charge is 0.466 e. The van der Waals surface area contributed by atoms with E-state index in [4.69, 9.17) is 4.74 Å². The molecule has 4 nitrogen and oxygen atoms in total. The minimum atomic E-state index is -0.233. The monoisotopic (exact) mass is 255 g/mol. The smallest absolute Gasteiger partial charge is 0.307 e. The summed E-state index contributed by atoms with van der Waals surface area (Å²) >= 11 is 0. The third-order valence-electron chi connectivity index (χ3n) is 3.89. The van der Waals surface area contributed by atoms with E-state index in [1.165, 1.54) is 0 Å². The average molecular weight is 255 g/mol. The molecule has 1 aliphatic carbocycles. The Morgan fingerprint density at radius 1 is 1.39 bits per heavy atom.